The molecule has 1 N–H and O–H groups in total. The summed E-state index contributed by atoms with van der Waals surface area (Å²) in [6.45, 7) is 0.152. The van der Waals surface area contributed by atoms with Crippen LogP contribution in [0.1, 0.15) is 16.1 Å². The second-order valence-corrected chi connectivity index (χ2v) is 3.31. The van der Waals surface area contributed by atoms with Crippen LogP contribution in [0.15, 0.2) is 29.2 Å². The van der Waals surface area contributed by atoms with Gasteiger partial charge in [0.15, 0.2) is 0 Å². The van der Waals surface area contributed by atoms with Crippen molar-refractivity contribution < 1.29 is 19.3 Å². The van der Waals surface area contributed by atoms with E-state index in [0.717, 1.165) is 12.3 Å². The van der Waals surface area contributed by atoms with E-state index in [1.54, 1.807) is 0 Å². The molecule has 2 aromatic heterocycles. The Balaban J connectivity index is 2.37. The summed E-state index contributed by atoms with van der Waals surface area (Å²) in [6.07, 6.45) is 3.92. The van der Waals surface area contributed by atoms with E-state index in [9.17, 15) is 14.9 Å². The first kappa shape index (κ1) is 10.9. The van der Waals surface area contributed by atoms with E-state index in [-0.39, 0.29) is 17.9 Å². The summed E-state index contributed by atoms with van der Waals surface area (Å²) in [6, 6.07) is 1.01. The predicted molar refractivity (Wildman–Crippen MR) is 53.7 cm³/mol. The highest BCUT2D eigenvalue weighted by Gasteiger charge is 2.18. The molecular formula is C9H7N3O5. The molecule has 0 aliphatic carbocycles. The van der Waals surface area contributed by atoms with Gasteiger partial charge in [0.05, 0.1) is 23.9 Å². The van der Waals surface area contributed by atoms with Crippen LogP contribution in [0.2, 0.25) is 0 Å². The first-order chi connectivity index (χ1) is 8.08. The standard InChI is InChI=1S/C9H7N3O5/c13-9(14)8-1-7(12(15)16)4-11(8)3-6-2-10-17-5-6/h1-2,4-5H,3H2,(H,13,14). The van der Waals surface area contributed by atoms with Gasteiger partial charge in [-0.2, -0.15) is 0 Å². The minimum atomic E-state index is -1.23. The van der Waals surface area contributed by atoms with Crippen molar-refractivity contribution in [2.45, 2.75) is 6.54 Å². The number of rotatable bonds is 4. The third-order valence-corrected chi connectivity index (χ3v) is 2.15. The Labute approximate surface area is 94.2 Å². The lowest BCUT2D eigenvalue weighted by molar-refractivity contribution is -0.384. The average molecular weight is 237 g/mol. The first-order valence-corrected chi connectivity index (χ1v) is 4.54. The van der Waals surface area contributed by atoms with Crippen LogP contribution >= 0.6 is 0 Å². The topological polar surface area (TPSA) is 111 Å². The third-order valence-electron chi connectivity index (χ3n) is 2.15. The van der Waals surface area contributed by atoms with Crippen LogP contribution in [0.3, 0.4) is 0 Å². The highest BCUT2D eigenvalue weighted by Crippen LogP contribution is 2.17. The molecule has 0 aliphatic rings. The van der Waals surface area contributed by atoms with Gasteiger partial charge in [-0.1, -0.05) is 5.16 Å². The molecule has 0 saturated heterocycles. The molecule has 0 fully saturated rings. The molecule has 8 nitrogen and oxygen atoms in total. The summed E-state index contributed by atoms with van der Waals surface area (Å²) in [5.41, 5.74) is 0.203. The molecule has 17 heavy (non-hydrogen) atoms. The molecule has 88 valence electrons. The van der Waals surface area contributed by atoms with E-state index in [2.05, 4.69) is 9.68 Å². The van der Waals surface area contributed by atoms with Crippen LogP contribution in [0.4, 0.5) is 5.69 Å². The zero-order valence-corrected chi connectivity index (χ0v) is 8.44. The van der Waals surface area contributed by atoms with Crippen LogP contribution in [-0.2, 0) is 6.54 Å². The Morgan fingerprint density at radius 3 is 2.94 bits per heavy atom. The van der Waals surface area contributed by atoms with E-state index in [4.69, 9.17) is 5.11 Å². The molecule has 2 heterocycles. The monoisotopic (exact) mass is 237 g/mol. The van der Waals surface area contributed by atoms with Gasteiger partial charge in [0.25, 0.3) is 5.69 Å². The number of carbonyl (C=O) groups is 1. The molecule has 0 amide bonds. The molecule has 0 atom stereocenters. The second-order valence-electron chi connectivity index (χ2n) is 3.31. The maximum Gasteiger partial charge on any atom is 0.352 e. The second kappa shape index (κ2) is 4.08. The van der Waals surface area contributed by atoms with E-state index < -0.39 is 10.9 Å². The lowest BCUT2D eigenvalue weighted by Crippen LogP contribution is -2.07. The van der Waals surface area contributed by atoms with Gasteiger partial charge in [-0.3, -0.25) is 10.1 Å². The summed E-state index contributed by atoms with van der Waals surface area (Å²) in [7, 11) is 0. The highest BCUT2D eigenvalue weighted by molar-refractivity contribution is 5.86. The number of carboxylic acids is 1. The smallest absolute Gasteiger partial charge is 0.352 e. The van der Waals surface area contributed by atoms with Crippen molar-refractivity contribution in [2.75, 3.05) is 0 Å². The van der Waals surface area contributed by atoms with Crippen LogP contribution in [-0.4, -0.2) is 25.7 Å². The Kier molecular flexibility index (Phi) is 2.61. The summed E-state index contributed by atoms with van der Waals surface area (Å²) in [5.74, 6) is -1.23. The molecule has 0 unspecified atom stereocenters. The fourth-order valence-corrected chi connectivity index (χ4v) is 1.41. The number of carboxylic acid groups (broad SMARTS) is 1. The van der Waals surface area contributed by atoms with Gasteiger partial charge in [0.1, 0.15) is 12.0 Å². The lowest BCUT2D eigenvalue weighted by Gasteiger charge is -2.01. The minimum absolute atomic E-state index is 0.152. The van der Waals surface area contributed by atoms with Crippen LogP contribution in [0, 0.1) is 10.1 Å². The number of aromatic nitrogens is 2. The number of hydrogen-bond acceptors (Lipinski definition) is 5. The van der Waals surface area contributed by atoms with Crippen molar-refractivity contribution in [1.82, 2.24) is 9.72 Å². The van der Waals surface area contributed by atoms with Crippen LogP contribution in [0.5, 0.6) is 0 Å². The van der Waals surface area contributed by atoms with E-state index in [0.29, 0.717) is 5.56 Å². The Bertz CT molecular complexity index is 557. The summed E-state index contributed by atoms with van der Waals surface area (Å²) in [4.78, 5) is 20.8. The Hall–Kier alpha value is -2.64. The fourth-order valence-electron chi connectivity index (χ4n) is 1.41. The lowest BCUT2D eigenvalue weighted by atomic mass is 10.3. The molecule has 0 bridgehead atoms. The molecule has 2 rings (SSSR count). The maximum absolute atomic E-state index is 10.9. The fraction of sp³-hybridized carbons (Fsp3) is 0.111. The normalized spacial score (nSPS) is 10.4. The molecule has 0 aromatic carbocycles. The van der Waals surface area contributed by atoms with Crippen molar-refractivity contribution in [2.24, 2.45) is 0 Å². The molecular weight excluding hydrogens is 230 g/mol. The van der Waals surface area contributed by atoms with Gasteiger partial charge < -0.3 is 14.2 Å². The molecule has 8 heteroatoms. The highest BCUT2D eigenvalue weighted by atomic mass is 16.6. The number of hydrogen-bond donors (Lipinski definition) is 1. The van der Waals surface area contributed by atoms with Gasteiger partial charge in [-0.15, -0.1) is 0 Å². The van der Waals surface area contributed by atoms with Crippen molar-refractivity contribution in [1.29, 1.82) is 0 Å². The third kappa shape index (κ3) is 2.14. The van der Waals surface area contributed by atoms with Crippen molar-refractivity contribution in [3.8, 4) is 0 Å². The number of aromatic carboxylic acids is 1. The number of nitrogens with zero attached hydrogens (tertiary/aromatic N) is 3. The van der Waals surface area contributed by atoms with E-state index >= 15 is 0 Å². The van der Waals surface area contributed by atoms with Gasteiger partial charge in [-0.05, 0) is 0 Å². The maximum atomic E-state index is 10.9. The SMILES string of the molecule is O=C(O)c1cc([N+](=O)[O-])cn1Cc1cnoc1. The van der Waals surface area contributed by atoms with Gasteiger partial charge in [0, 0.05) is 11.6 Å². The van der Waals surface area contributed by atoms with Gasteiger partial charge in [-0.25, -0.2) is 4.79 Å². The van der Waals surface area contributed by atoms with Gasteiger partial charge >= 0.3 is 5.97 Å². The number of nitro groups is 1. The predicted octanol–water partition coefficient (Wildman–Crippen LogP) is 1.13. The van der Waals surface area contributed by atoms with Crippen molar-refractivity contribution in [3.05, 3.63) is 46.1 Å². The largest absolute Gasteiger partial charge is 0.477 e. The molecule has 0 saturated carbocycles. The first-order valence-electron chi connectivity index (χ1n) is 4.54. The molecule has 0 spiro atoms. The van der Waals surface area contributed by atoms with Gasteiger partial charge in [0.2, 0.25) is 0 Å². The Morgan fingerprint density at radius 1 is 1.65 bits per heavy atom. The van der Waals surface area contributed by atoms with Crippen molar-refractivity contribution >= 4 is 11.7 Å². The van der Waals surface area contributed by atoms with E-state index in [1.165, 1.54) is 17.0 Å². The van der Waals surface area contributed by atoms with Crippen LogP contribution in [0.25, 0.3) is 0 Å². The quantitative estimate of drug-likeness (QED) is 0.630. The molecule has 0 radical (unpaired) electrons. The van der Waals surface area contributed by atoms with Crippen LogP contribution < -0.4 is 0 Å². The zero-order chi connectivity index (χ0) is 12.4. The van der Waals surface area contributed by atoms with Crippen molar-refractivity contribution in [3.63, 3.8) is 0 Å². The Morgan fingerprint density at radius 2 is 2.41 bits per heavy atom. The molecule has 0 aliphatic heterocycles. The minimum Gasteiger partial charge on any atom is -0.477 e. The molecule has 2 aromatic rings. The summed E-state index contributed by atoms with van der Waals surface area (Å²) < 4.78 is 5.85. The average Bonchev–Trinajstić information content (AvgIpc) is 2.87. The summed E-state index contributed by atoms with van der Waals surface area (Å²) >= 11 is 0. The summed E-state index contributed by atoms with van der Waals surface area (Å²) in [5, 5.41) is 22.9. The zero-order valence-electron chi connectivity index (χ0n) is 8.44. The van der Waals surface area contributed by atoms with E-state index in [1.807, 2.05) is 0 Å².